The Morgan fingerprint density at radius 2 is 1.77 bits per heavy atom. The number of rotatable bonds is 10. The number of aromatic nitrogens is 4. The standard InChI is InChI=1S/C34H41F2N5O2/c1-40-28(22-5-6-22)19-27(38-40)24-3-2-4-26(18-24)41(29(42)17-21-15-25(16-21)30(35)36)20-33-9-12-34(13-10-33,14-11-33)32-37-31(39-43-32)23-7-8-23/h2-4,18-19,21-23,25,30H,5-17,20H2,1H3. The highest BCUT2D eigenvalue weighted by Crippen LogP contribution is 2.58. The van der Waals surface area contributed by atoms with Gasteiger partial charge in [-0.15, -0.1) is 0 Å². The predicted molar refractivity (Wildman–Crippen MR) is 158 cm³/mol. The fraction of sp³-hybridized carbons (Fsp3) is 0.647. The molecule has 0 atom stereocenters. The zero-order chi connectivity index (χ0) is 29.3. The zero-order valence-corrected chi connectivity index (χ0v) is 25.0. The third-order valence-corrected chi connectivity index (χ3v) is 11.5. The van der Waals surface area contributed by atoms with Gasteiger partial charge >= 0.3 is 0 Å². The number of benzene rings is 1. The molecule has 0 N–H and O–H groups in total. The topological polar surface area (TPSA) is 77.1 Å². The minimum atomic E-state index is -2.29. The molecule has 6 fully saturated rings. The molecule has 1 amide bonds. The number of amides is 1. The third-order valence-electron chi connectivity index (χ3n) is 11.5. The van der Waals surface area contributed by atoms with Crippen molar-refractivity contribution in [3.63, 3.8) is 0 Å². The predicted octanol–water partition coefficient (Wildman–Crippen LogP) is 7.53. The van der Waals surface area contributed by atoms with Gasteiger partial charge in [-0.2, -0.15) is 10.1 Å². The molecule has 6 saturated carbocycles. The lowest BCUT2D eigenvalue weighted by Gasteiger charge is -2.53. The van der Waals surface area contributed by atoms with E-state index in [0.29, 0.717) is 37.6 Å². The fourth-order valence-electron chi connectivity index (χ4n) is 8.17. The molecule has 0 saturated heterocycles. The van der Waals surface area contributed by atoms with Crippen molar-refractivity contribution >= 4 is 11.6 Å². The Morgan fingerprint density at radius 1 is 1.05 bits per heavy atom. The number of fused-ring (bicyclic) bond motifs is 3. The summed E-state index contributed by atoms with van der Waals surface area (Å²) in [6.07, 6.45) is 9.70. The molecule has 2 bridgehead atoms. The van der Waals surface area contributed by atoms with E-state index in [9.17, 15) is 13.6 Å². The van der Waals surface area contributed by atoms with Crippen LogP contribution in [-0.2, 0) is 17.3 Å². The van der Waals surface area contributed by atoms with Gasteiger partial charge in [-0.1, -0.05) is 17.3 Å². The summed E-state index contributed by atoms with van der Waals surface area (Å²) in [4.78, 5) is 20.8. The summed E-state index contributed by atoms with van der Waals surface area (Å²) in [5, 5.41) is 9.12. The molecule has 43 heavy (non-hydrogen) atoms. The Kier molecular flexibility index (Phi) is 6.53. The van der Waals surface area contributed by atoms with E-state index in [1.807, 2.05) is 28.8 Å². The zero-order valence-electron chi connectivity index (χ0n) is 25.0. The second-order valence-corrected chi connectivity index (χ2v) is 14.5. The maximum absolute atomic E-state index is 14.0. The van der Waals surface area contributed by atoms with Gasteiger partial charge in [0.2, 0.25) is 18.2 Å². The van der Waals surface area contributed by atoms with Crippen LogP contribution in [0.25, 0.3) is 11.3 Å². The van der Waals surface area contributed by atoms with Gasteiger partial charge in [0.15, 0.2) is 5.82 Å². The smallest absolute Gasteiger partial charge is 0.241 e. The van der Waals surface area contributed by atoms with Crippen LogP contribution in [0.5, 0.6) is 0 Å². The number of nitrogens with zero attached hydrogens (tertiary/aromatic N) is 5. The van der Waals surface area contributed by atoms with E-state index in [4.69, 9.17) is 14.6 Å². The van der Waals surface area contributed by atoms with Crippen LogP contribution in [-0.4, -0.2) is 38.8 Å². The molecule has 228 valence electrons. The molecule has 0 unspecified atom stereocenters. The molecule has 0 aliphatic heterocycles. The quantitative estimate of drug-likeness (QED) is 0.244. The van der Waals surface area contributed by atoms with Crippen LogP contribution >= 0.6 is 0 Å². The Morgan fingerprint density at radius 3 is 2.44 bits per heavy atom. The first kappa shape index (κ1) is 27.4. The maximum Gasteiger partial charge on any atom is 0.241 e. The molecule has 6 aliphatic carbocycles. The van der Waals surface area contributed by atoms with Gasteiger partial charge < -0.3 is 9.42 Å². The molecule has 1 aromatic carbocycles. The van der Waals surface area contributed by atoms with Crippen molar-refractivity contribution in [1.82, 2.24) is 19.9 Å². The summed E-state index contributed by atoms with van der Waals surface area (Å²) in [5.74, 6) is 2.31. The maximum atomic E-state index is 14.0. The van der Waals surface area contributed by atoms with Crippen LogP contribution in [0.3, 0.4) is 0 Å². The van der Waals surface area contributed by atoms with E-state index in [2.05, 4.69) is 23.4 Å². The molecule has 0 spiro atoms. The van der Waals surface area contributed by atoms with Crippen LogP contribution in [0.15, 0.2) is 34.9 Å². The lowest BCUT2D eigenvalue weighted by Crippen LogP contribution is -2.51. The SMILES string of the molecule is Cn1nc(-c2cccc(N(CC34CCC(c5nc(C6CC6)no5)(CC3)CC4)C(=O)CC3CC(C(F)F)C3)c2)cc1C1CC1. The number of carbonyl (C=O) groups is 1. The highest BCUT2D eigenvalue weighted by atomic mass is 19.3. The molecule has 2 aromatic heterocycles. The Hall–Kier alpha value is -3.10. The minimum Gasteiger partial charge on any atom is -0.339 e. The van der Waals surface area contributed by atoms with Crippen LogP contribution in [0.2, 0.25) is 0 Å². The van der Waals surface area contributed by atoms with Gasteiger partial charge in [0.1, 0.15) is 0 Å². The first-order valence-corrected chi connectivity index (χ1v) is 16.4. The second-order valence-electron chi connectivity index (χ2n) is 14.5. The molecular weight excluding hydrogens is 548 g/mol. The van der Waals surface area contributed by atoms with Gasteiger partial charge in [0.25, 0.3) is 0 Å². The van der Waals surface area contributed by atoms with Gasteiger partial charge in [-0.05, 0) is 107 Å². The van der Waals surface area contributed by atoms with Crippen molar-refractivity contribution in [3.8, 4) is 11.3 Å². The molecular formula is C34H41F2N5O2. The van der Waals surface area contributed by atoms with Crippen LogP contribution < -0.4 is 4.90 Å². The van der Waals surface area contributed by atoms with Crippen molar-refractivity contribution in [3.05, 3.63) is 47.7 Å². The number of aryl methyl sites for hydroxylation is 1. The summed E-state index contributed by atoms with van der Waals surface area (Å²) in [6.45, 7) is 0.656. The van der Waals surface area contributed by atoms with Crippen LogP contribution in [0.1, 0.15) is 113 Å². The van der Waals surface area contributed by atoms with Crippen molar-refractivity contribution in [2.75, 3.05) is 11.4 Å². The lowest BCUT2D eigenvalue weighted by molar-refractivity contribution is -0.122. The molecule has 0 radical (unpaired) electrons. The minimum absolute atomic E-state index is 0.0298. The molecule has 9 heteroatoms. The Balaban J connectivity index is 1.04. The van der Waals surface area contributed by atoms with E-state index in [1.54, 1.807) is 0 Å². The highest BCUT2D eigenvalue weighted by Gasteiger charge is 2.53. The molecule has 6 aliphatic rings. The van der Waals surface area contributed by atoms with E-state index in [0.717, 1.165) is 80.0 Å². The first-order chi connectivity index (χ1) is 20.8. The Labute approximate surface area is 251 Å². The van der Waals surface area contributed by atoms with E-state index in [1.165, 1.54) is 18.5 Å². The average molecular weight is 590 g/mol. The molecule has 2 heterocycles. The van der Waals surface area contributed by atoms with Crippen LogP contribution in [0, 0.1) is 17.3 Å². The summed E-state index contributed by atoms with van der Waals surface area (Å²) < 4.78 is 34.2. The third kappa shape index (κ3) is 5.10. The number of carbonyl (C=O) groups excluding carboxylic acids is 1. The lowest BCUT2D eigenvalue weighted by atomic mass is 9.53. The number of alkyl halides is 2. The molecule has 7 nitrogen and oxygen atoms in total. The summed E-state index contributed by atoms with van der Waals surface area (Å²) in [5.41, 5.74) is 4.08. The monoisotopic (exact) mass is 589 g/mol. The number of hydrogen-bond donors (Lipinski definition) is 0. The van der Waals surface area contributed by atoms with Gasteiger partial charge in [-0.25, -0.2) is 8.78 Å². The van der Waals surface area contributed by atoms with Crippen molar-refractivity contribution in [2.45, 2.75) is 107 Å². The highest BCUT2D eigenvalue weighted by molar-refractivity contribution is 5.94. The number of anilines is 1. The van der Waals surface area contributed by atoms with Gasteiger partial charge in [0.05, 0.1) is 5.69 Å². The second kappa shape index (κ2) is 10.2. The van der Waals surface area contributed by atoms with Crippen LogP contribution in [0.4, 0.5) is 14.5 Å². The van der Waals surface area contributed by atoms with Crippen molar-refractivity contribution in [2.24, 2.45) is 24.3 Å². The van der Waals surface area contributed by atoms with Gasteiger partial charge in [-0.3, -0.25) is 9.48 Å². The largest absolute Gasteiger partial charge is 0.339 e. The van der Waals surface area contributed by atoms with Crippen molar-refractivity contribution < 1.29 is 18.1 Å². The molecule has 9 rings (SSSR count). The van der Waals surface area contributed by atoms with Gasteiger partial charge in [0, 0.05) is 60.1 Å². The first-order valence-electron chi connectivity index (χ1n) is 16.4. The van der Waals surface area contributed by atoms with Crippen molar-refractivity contribution in [1.29, 1.82) is 0 Å². The normalized spacial score (nSPS) is 30.0. The average Bonchev–Trinajstić information content (AvgIpc) is 3.94. The number of hydrogen-bond acceptors (Lipinski definition) is 5. The number of halogens is 2. The summed E-state index contributed by atoms with van der Waals surface area (Å²) in [6, 6.07) is 10.4. The molecule has 3 aromatic rings. The fourth-order valence-corrected chi connectivity index (χ4v) is 8.17. The Bertz CT molecular complexity index is 1490. The van der Waals surface area contributed by atoms with E-state index in [-0.39, 0.29) is 22.7 Å². The van der Waals surface area contributed by atoms with E-state index >= 15 is 0 Å². The summed E-state index contributed by atoms with van der Waals surface area (Å²) in [7, 11) is 2.01. The summed E-state index contributed by atoms with van der Waals surface area (Å²) >= 11 is 0. The van der Waals surface area contributed by atoms with E-state index < -0.39 is 12.3 Å².